The normalized spacial score (nSPS) is 13.6. The van der Waals surface area contributed by atoms with Gasteiger partial charge in [0.2, 0.25) is 0 Å². The summed E-state index contributed by atoms with van der Waals surface area (Å²) in [5.74, 6) is -0.182. The number of carbonyl (C=O) groups excluding carboxylic acids is 1. The van der Waals surface area contributed by atoms with Crippen LogP contribution in [0.1, 0.15) is 40.5 Å². The molecule has 2 atom stereocenters. The van der Waals surface area contributed by atoms with E-state index in [1.54, 1.807) is 13.8 Å². The summed E-state index contributed by atoms with van der Waals surface area (Å²) in [6.07, 6.45) is 0.863. The van der Waals surface area contributed by atoms with Crippen molar-refractivity contribution in [2.24, 2.45) is 0 Å². The fraction of sp³-hybridized carbons (Fsp3) is 0.900. The molecular weight excluding hydrogens is 184 g/mol. The van der Waals surface area contributed by atoms with Crippen LogP contribution in [0.2, 0.25) is 0 Å². The van der Waals surface area contributed by atoms with Crippen LogP contribution in [0.25, 0.3) is 0 Å². The van der Waals surface area contributed by atoms with Crippen molar-refractivity contribution in [3.8, 4) is 0 Å². The second-order valence-corrected chi connectivity index (χ2v) is 3.17. The molecule has 86 valence electrons. The summed E-state index contributed by atoms with van der Waals surface area (Å²) in [4.78, 5) is 10.1. The lowest BCUT2D eigenvalue weighted by molar-refractivity contribution is -0.141. The van der Waals surface area contributed by atoms with E-state index in [0.29, 0.717) is 6.61 Å². The Morgan fingerprint density at radius 2 is 1.71 bits per heavy atom. The van der Waals surface area contributed by atoms with E-state index in [9.17, 15) is 4.79 Å². The number of carbonyl (C=O) groups is 1. The van der Waals surface area contributed by atoms with Crippen molar-refractivity contribution >= 4 is 5.97 Å². The monoisotopic (exact) mass is 206 g/mol. The minimum absolute atomic E-state index is 0.182. The molecule has 0 radical (unpaired) electrons. The van der Waals surface area contributed by atoms with Crippen LogP contribution in [-0.4, -0.2) is 35.0 Å². The van der Waals surface area contributed by atoms with E-state index in [2.05, 4.69) is 11.7 Å². The Hall–Kier alpha value is -0.610. The van der Waals surface area contributed by atoms with Gasteiger partial charge in [0, 0.05) is 6.92 Å². The average Bonchev–Trinajstić information content (AvgIpc) is 2.05. The molecule has 0 spiro atoms. The Morgan fingerprint density at radius 3 is 1.93 bits per heavy atom. The fourth-order valence-electron chi connectivity index (χ4n) is 0.360. The number of aliphatic hydroxyl groups excluding tert-OH is 2. The maximum absolute atomic E-state index is 10.1. The zero-order valence-corrected chi connectivity index (χ0v) is 9.49. The Bertz CT molecular complexity index is 126. The third-order valence-corrected chi connectivity index (χ3v) is 1.50. The Kier molecular flexibility index (Phi) is 11.9. The molecule has 0 saturated carbocycles. The first kappa shape index (κ1) is 15.8. The van der Waals surface area contributed by atoms with Crippen LogP contribution in [0, 0.1) is 0 Å². The molecule has 14 heavy (non-hydrogen) atoms. The molecule has 0 fully saturated rings. The lowest BCUT2D eigenvalue weighted by Crippen LogP contribution is -2.17. The molecule has 0 bridgehead atoms. The Labute approximate surface area is 85.9 Å². The summed E-state index contributed by atoms with van der Waals surface area (Å²) in [6.45, 7) is 7.15. The first-order chi connectivity index (χ1) is 6.41. The van der Waals surface area contributed by atoms with E-state index in [4.69, 9.17) is 10.2 Å². The van der Waals surface area contributed by atoms with E-state index in [1.807, 2.05) is 0 Å². The number of hydrogen-bond acceptors (Lipinski definition) is 4. The van der Waals surface area contributed by atoms with Gasteiger partial charge in [0.25, 0.3) is 0 Å². The summed E-state index contributed by atoms with van der Waals surface area (Å²) in [6, 6.07) is 0. The van der Waals surface area contributed by atoms with Crippen molar-refractivity contribution in [3.05, 3.63) is 0 Å². The van der Waals surface area contributed by atoms with Crippen LogP contribution in [0.4, 0.5) is 0 Å². The predicted octanol–water partition coefficient (Wildman–Crippen LogP) is 1.10. The van der Waals surface area contributed by atoms with Crippen molar-refractivity contribution in [1.82, 2.24) is 0 Å². The van der Waals surface area contributed by atoms with Crippen LogP contribution < -0.4 is 0 Å². The molecule has 0 aliphatic heterocycles. The molecule has 2 N–H and O–H groups in total. The summed E-state index contributed by atoms with van der Waals surface area (Å²) >= 11 is 0. The number of hydrogen-bond donors (Lipinski definition) is 2. The van der Waals surface area contributed by atoms with Crippen molar-refractivity contribution in [3.63, 3.8) is 0 Å². The molecule has 0 amide bonds. The van der Waals surface area contributed by atoms with E-state index in [-0.39, 0.29) is 5.97 Å². The topological polar surface area (TPSA) is 66.8 Å². The van der Waals surface area contributed by atoms with Gasteiger partial charge in [-0.05, 0) is 20.3 Å². The van der Waals surface area contributed by atoms with Crippen LogP contribution in [0.15, 0.2) is 0 Å². The van der Waals surface area contributed by atoms with Crippen LogP contribution in [0.5, 0.6) is 0 Å². The van der Waals surface area contributed by atoms with E-state index >= 15 is 0 Å². The lowest BCUT2D eigenvalue weighted by atomic mass is 10.3. The molecule has 0 heterocycles. The molecule has 0 aromatic carbocycles. The van der Waals surface area contributed by atoms with Gasteiger partial charge in [-0.15, -0.1) is 0 Å². The molecule has 0 aliphatic rings. The standard InChI is InChI=1S/C6H12O2.C4H10O2/c1-3-4-5-8-6(2)7;1-3(5)4(2)6/h3-5H2,1-2H3;3-6H,1-2H3. The SMILES string of the molecule is CC(O)C(C)O.CCCCOC(C)=O. The summed E-state index contributed by atoms with van der Waals surface area (Å²) in [5.41, 5.74) is 0. The Morgan fingerprint density at radius 1 is 1.29 bits per heavy atom. The zero-order valence-electron chi connectivity index (χ0n) is 9.49. The van der Waals surface area contributed by atoms with Gasteiger partial charge in [-0.25, -0.2) is 0 Å². The van der Waals surface area contributed by atoms with Gasteiger partial charge in [0.1, 0.15) is 0 Å². The molecule has 0 aromatic heterocycles. The predicted molar refractivity (Wildman–Crippen MR) is 54.9 cm³/mol. The zero-order chi connectivity index (χ0) is 11.6. The molecule has 0 aliphatic carbocycles. The van der Waals surface area contributed by atoms with Gasteiger partial charge in [-0.3, -0.25) is 4.79 Å². The highest BCUT2D eigenvalue weighted by molar-refractivity contribution is 5.65. The average molecular weight is 206 g/mol. The lowest BCUT2D eigenvalue weighted by Gasteiger charge is -2.03. The number of unbranched alkanes of at least 4 members (excludes halogenated alkanes) is 1. The highest BCUT2D eigenvalue weighted by atomic mass is 16.5. The van der Waals surface area contributed by atoms with Gasteiger partial charge < -0.3 is 14.9 Å². The smallest absolute Gasteiger partial charge is 0.302 e. The minimum Gasteiger partial charge on any atom is -0.466 e. The first-order valence-electron chi connectivity index (χ1n) is 4.91. The number of ether oxygens (including phenoxy) is 1. The maximum atomic E-state index is 10.1. The third-order valence-electron chi connectivity index (χ3n) is 1.50. The Balaban J connectivity index is 0. The quantitative estimate of drug-likeness (QED) is 0.534. The molecule has 0 rings (SSSR count). The van der Waals surface area contributed by atoms with Gasteiger partial charge in [-0.2, -0.15) is 0 Å². The highest BCUT2D eigenvalue weighted by Crippen LogP contribution is 1.87. The maximum Gasteiger partial charge on any atom is 0.302 e. The second kappa shape index (κ2) is 10.5. The van der Waals surface area contributed by atoms with E-state index < -0.39 is 12.2 Å². The van der Waals surface area contributed by atoms with Gasteiger partial charge in [0.15, 0.2) is 0 Å². The molecular formula is C10H22O4. The second-order valence-electron chi connectivity index (χ2n) is 3.17. The van der Waals surface area contributed by atoms with E-state index in [1.165, 1.54) is 6.92 Å². The third kappa shape index (κ3) is 17.5. The number of esters is 1. The van der Waals surface area contributed by atoms with Crippen molar-refractivity contribution in [2.45, 2.75) is 52.7 Å². The molecule has 0 aromatic rings. The van der Waals surface area contributed by atoms with Crippen molar-refractivity contribution in [1.29, 1.82) is 0 Å². The van der Waals surface area contributed by atoms with Gasteiger partial charge >= 0.3 is 5.97 Å². The summed E-state index contributed by atoms with van der Waals surface area (Å²) < 4.78 is 4.64. The van der Waals surface area contributed by atoms with Gasteiger partial charge in [0.05, 0.1) is 18.8 Å². The minimum atomic E-state index is -0.593. The number of aliphatic hydroxyl groups is 2. The molecule has 4 heteroatoms. The molecule has 4 nitrogen and oxygen atoms in total. The first-order valence-corrected chi connectivity index (χ1v) is 4.91. The highest BCUT2D eigenvalue weighted by Gasteiger charge is 1.99. The largest absolute Gasteiger partial charge is 0.466 e. The van der Waals surface area contributed by atoms with Crippen LogP contribution >= 0.6 is 0 Å². The van der Waals surface area contributed by atoms with E-state index in [0.717, 1.165) is 12.8 Å². The fourth-order valence-corrected chi connectivity index (χ4v) is 0.360. The number of rotatable bonds is 4. The van der Waals surface area contributed by atoms with Crippen LogP contribution in [0.3, 0.4) is 0 Å². The molecule has 0 saturated heterocycles. The molecule has 2 unspecified atom stereocenters. The summed E-state index contributed by atoms with van der Waals surface area (Å²) in [5, 5.41) is 16.8. The van der Waals surface area contributed by atoms with Crippen LogP contribution in [-0.2, 0) is 9.53 Å². The summed E-state index contributed by atoms with van der Waals surface area (Å²) in [7, 11) is 0. The van der Waals surface area contributed by atoms with Crippen molar-refractivity contribution in [2.75, 3.05) is 6.61 Å². The van der Waals surface area contributed by atoms with Crippen molar-refractivity contribution < 1.29 is 19.7 Å². The van der Waals surface area contributed by atoms with Gasteiger partial charge in [-0.1, -0.05) is 13.3 Å².